The Kier molecular flexibility index (Phi) is 15.4. The molecule has 1 unspecified atom stereocenters. The Labute approximate surface area is 305 Å². The molecule has 4 aliphatic rings. The van der Waals surface area contributed by atoms with E-state index in [1.165, 1.54) is 0 Å². The zero-order valence-corrected chi connectivity index (χ0v) is 33.7. The standard InChI is InChI=1S/C39H75N7O4/c1-10-49-36(48)39(7)13-17-41(18-14-39)19-20-42-21-27-46(28-22-42)38(5,6)31-34(32-43-23-25-45(26-24-43)37(2,3)4)44-15-11-33(12-16-44)35(47)50-30-29-40(8)9/h33-34H,10-32H2,1-9H3. The van der Waals surface area contributed by atoms with Crippen molar-refractivity contribution < 1.29 is 19.1 Å². The third-order valence-electron chi connectivity index (χ3n) is 12.4. The summed E-state index contributed by atoms with van der Waals surface area (Å²) in [6.45, 7) is 33.7. The van der Waals surface area contributed by atoms with Gasteiger partial charge in [-0.1, -0.05) is 0 Å². The Hall–Kier alpha value is -1.34. The van der Waals surface area contributed by atoms with Gasteiger partial charge < -0.3 is 19.3 Å². The summed E-state index contributed by atoms with van der Waals surface area (Å²) in [6.07, 6.45) is 4.71. The van der Waals surface area contributed by atoms with Crippen LogP contribution in [0.5, 0.6) is 0 Å². The topological polar surface area (TPSA) is 75.3 Å². The van der Waals surface area contributed by atoms with E-state index in [0.29, 0.717) is 19.3 Å². The van der Waals surface area contributed by atoms with Gasteiger partial charge in [-0.05, 0) is 121 Å². The first-order valence-corrected chi connectivity index (χ1v) is 20.0. The van der Waals surface area contributed by atoms with Crippen molar-refractivity contribution in [3.63, 3.8) is 0 Å². The van der Waals surface area contributed by atoms with Crippen molar-refractivity contribution in [3.8, 4) is 0 Å². The third-order valence-corrected chi connectivity index (χ3v) is 12.4. The molecule has 0 spiro atoms. The van der Waals surface area contributed by atoms with Gasteiger partial charge in [0.15, 0.2) is 0 Å². The van der Waals surface area contributed by atoms with E-state index in [0.717, 1.165) is 137 Å². The fourth-order valence-electron chi connectivity index (χ4n) is 8.50. The van der Waals surface area contributed by atoms with Crippen LogP contribution in [0.4, 0.5) is 0 Å². The second kappa shape index (κ2) is 18.6. The number of rotatable bonds is 15. The van der Waals surface area contributed by atoms with E-state index in [4.69, 9.17) is 9.47 Å². The number of likely N-dealkylation sites (tertiary alicyclic amines) is 2. The maximum absolute atomic E-state index is 12.9. The van der Waals surface area contributed by atoms with Crippen LogP contribution in [0.15, 0.2) is 0 Å². The molecular formula is C39H75N7O4. The summed E-state index contributed by atoms with van der Waals surface area (Å²) in [5.41, 5.74) is -0.00972. The highest BCUT2D eigenvalue weighted by Gasteiger charge is 2.40. The number of carbonyl (C=O) groups excluding carboxylic acids is 2. The predicted octanol–water partition coefficient (Wildman–Crippen LogP) is 3.04. The number of likely N-dealkylation sites (N-methyl/N-ethyl adjacent to an activating group) is 1. The summed E-state index contributed by atoms with van der Waals surface area (Å²) in [7, 11) is 4.03. The maximum atomic E-state index is 12.9. The van der Waals surface area contributed by atoms with Gasteiger partial charge in [-0.15, -0.1) is 0 Å². The molecule has 0 radical (unpaired) electrons. The van der Waals surface area contributed by atoms with Crippen molar-refractivity contribution >= 4 is 11.9 Å². The second-order valence-electron chi connectivity index (χ2n) is 17.9. The van der Waals surface area contributed by atoms with Gasteiger partial charge in [0.25, 0.3) is 0 Å². The average Bonchev–Trinajstić information content (AvgIpc) is 3.07. The Bertz CT molecular complexity index is 1030. The summed E-state index contributed by atoms with van der Waals surface area (Å²) in [5.74, 6) is -0.00318. The van der Waals surface area contributed by atoms with Gasteiger partial charge in [0.1, 0.15) is 6.61 Å². The molecule has 0 aromatic heterocycles. The molecule has 0 amide bonds. The molecule has 0 N–H and O–H groups in total. The lowest BCUT2D eigenvalue weighted by molar-refractivity contribution is -0.157. The van der Waals surface area contributed by atoms with Crippen molar-refractivity contribution in [2.24, 2.45) is 11.3 Å². The van der Waals surface area contributed by atoms with Crippen LogP contribution in [-0.2, 0) is 19.1 Å². The SMILES string of the molecule is CCOC(=O)C1(C)CCN(CCN2CCN(C(C)(C)CC(CN3CCN(C(C)(C)C)CC3)N3CCC(C(=O)OCCN(C)C)CC3)CC2)CC1. The molecule has 4 fully saturated rings. The lowest BCUT2D eigenvalue weighted by Crippen LogP contribution is -2.60. The van der Waals surface area contributed by atoms with Gasteiger partial charge in [-0.25, -0.2) is 0 Å². The number of hydrogen-bond acceptors (Lipinski definition) is 11. The zero-order chi connectivity index (χ0) is 36.5. The minimum atomic E-state index is -0.324. The molecule has 290 valence electrons. The normalized spacial score (nSPS) is 24.0. The lowest BCUT2D eigenvalue weighted by atomic mass is 9.80. The minimum Gasteiger partial charge on any atom is -0.466 e. The molecular weight excluding hydrogens is 630 g/mol. The number of nitrogens with zero attached hydrogens (tertiary/aromatic N) is 7. The van der Waals surface area contributed by atoms with Crippen LogP contribution in [0.3, 0.4) is 0 Å². The molecule has 0 aromatic carbocycles. The Balaban J connectivity index is 1.28. The number of esters is 2. The molecule has 11 nitrogen and oxygen atoms in total. The fourth-order valence-corrected chi connectivity index (χ4v) is 8.50. The number of ether oxygens (including phenoxy) is 2. The summed E-state index contributed by atoms with van der Waals surface area (Å²) in [4.78, 5) is 43.3. The van der Waals surface area contributed by atoms with E-state index in [1.54, 1.807) is 0 Å². The maximum Gasteiger partial charge on any atom is 0.311 e. The largest absolute Gasteiger partial charge is 0.466 e. The van der Waals surface area contributed by atoms with Crippen LogP contribution in [0, 0.1) is 11.3 Å². The Morgan fingerprint density at radius 1 is 0.760 bits per heavy atom. The number of carbonyl (C=O) groups is 2. The highest BCUT2D eigenvalue weighted by Crippen LogP contribution is 2.33. The monoisotopic (exact) mass is 706 g/mol. The highest BCUT2D eigenvalue weighted by molar-refractivity contribution is 5.76. The van der Waals surface area contributed by atoms with E-state index in [-0.39, 0.29) is 34.3 Å². The van der Waals surface area contributed by atoms with Crippen molar-refractivity contribution in [2.75, 3.05) is 132 Å². The Morgan fingerprint density at radius 3 is 1.84 bits per heavy atom. The van der Waals surface area contributed by atoms with Crippen LogP contribution in [0.1, 0.15) is 80.6 Å². The molecule has 1 atom stereocenters. The first-order chi connectivity index (χ1) is 23.6. The molecule has 0 bridgehead atoms. The summed E-state index contributed by atoms with van der Waals surface area (Å²) in [6, 6.07) is 0.467. The van der Waals surface area contributed by atoms with E-state index >= 15 is 0 Å². The van der Waals surface area contributed by atoms with Crippen molar-refractivity contribution in [2.45, 2.75) is 97.7 Å². The summed E-state index contributed by atoms with van der Waals surface area (Å²) in [5, 5.41) is 0. The van der Waals surface area contributed by atoms with Crippen molar-refractivity contribution in [1.29, 1.82) is 0 Å². The van der Waals surface area contributed by atoms with Crippen molar-refractivity contribution in [3.05, 3.63) is 0 Å². The first kappa shape index (κ1) is 41.4. The molecule has 4 aliphatic heterocycles. The smallest absolute Gasteiger partial charge is 0.311 e. The summed E-state index contributed by atoms with van der Waals surface area (Å²) >= 11 is 0. The molecule has 0 saturated carbocycles. The number of piperazine rings is 2. The average molecular weight is 706 g/mol. The lowest BCUT2D eigenvalue weighted by Gasteiger charge is -2.49. The van der Waals surface area contributed by atoms with Gasteiger partial charge in [0, 0.05) is 95.7 Å². The van der Waals surface area contributed by atoms with E-state index in [2.05, 4.69) is 75.8 Å². The van der Waals surface area contributed by atoms with E-state index in [9.17, 15) is 9.59 Å². The van der Waals surface area contributed by atoms with Gasteiger partial charge in [0.05, 0.1) is 17.9 Å². The van der Waals surface area contributed by atoms with Crippen molar-refractivity contribution in [1.82, 2.24) is 34.3 Å². The summed E-state index contributed by atoms with van der Waals surface area (Å²) < 4.78 is 11.0. The van der Waals surface area contributed by atoms with Gasteiger partial charge in [-0.3, -0.25) is 34.1 Å². The van der Waals surface area contributed by atoms with E-state index < -0.39 is 0 Å². The molecule has 4 rings (SSSR count). The highest BCUT2D eigenvalue weighted by atomic mass is 16.5. The minimum absolute atomic E-state index is 0.00464. The molecule has 4 heterocycles. The Morgan fingerprint density at radius 2 is 1.30 bits per heavy atom. The van der Waals surface area contributed by atoms with Crippen LogP contribution in [0.25, 0.3) is 0 Å². The van der Waals surface area contributed by atoms with Gasteiger partial charge >= 0.3 is 11.9 Å². The number of piperidine rings is 2. The molecule has 4 saturated heterocycles. The van der Waals surface area contributed by atoms with Crippen LogP contribution >= 0.6 is 0 Å². The third kappa shape index (κ3) is 12.1. The number of hydrogen-bond donors (Lipinski definition) is 0. The first-order valence-electron chi connectivity index (χ1n) is 20.0. The quantitative estimate of drug-likeness (QED) is 0.236. The molecule has 0 aromatic rings. The zero-order valence-electron chi connectivity index (χ0n) is 33.7. The fraction of sp³-hybridized carbons (Fsp3) is 0.949. The van der Waals surface area contributed by atoms with E-state index in [1.807, 2.05) is 21.0 Å². The van der Waals surface area contributed by atoms with Crippen LogP contribution in [-0.4, -0.2) is 195 Å². The van der Waals surface area contributed by atoms with Crippen LogP contribution < -0.4 is 0 Å². The molecule has 11 heteroatoms. The van der Waals surface area contributed by atoms with Gasteiger partial charge in [-0.2, -0.15) is 0 Å². The second-order valence-corrected chi connectivity index (χ2v) is 17.9. The predicted molar refractivity (Wildman–Crippen MR) is 202 cm³/mol. The van der Waals surface area contributed by atoms with Crippen LogP contribution in [0.2, 0.25) is 0 Å². The van der Waals surface area contributed by atoms with Gasteiger partial charge in [0.2, 0.25) is 0 Å². The molecule has 50 heavy (non-hydrogen) atoms. The molecule has 0 aliphatic carbocycles.